The summed E-state index contributed by atoms with van der Waals surface area (Å²) in [6.45, 7) is 1.67. The summed E-state index contributed by atoms with van der Waals surface area (Å²) < 4.78 is 32.0. The van der Waals surface area contributed by atoms with Crippen molar-refractivity contribution < 1.29 is 23.4 Å². The maximum Gasteiger partial charge on any atom is 0.328 e. The van der Waals surface area contributed by atoms with Crippen LogP contribution < -0.4 is 4.74 Å². The summed E-state index contributed by atoms with van der Waals surface area (Å²) in [7, 11) is 0. The van der Waals surface area contributed by atoms with E-state index in [9.17, 15) is 13.6 Å². The summed E-state index contributed by atoms with van der Waals surface area (Å²) in [4.78, 5) is 10.5. The molecule has 1 N–H and O–H groups in total. The molecule has 0 aliphatic rings. The monoisotopic (exact) mass is 290 g/mol. The lowest BCUT2D eigenvalue weighted by Gasteiger charge is -2.09. The topological polar surface area (TPSA) is 46.5 Å². The standard InChI is InChI=1S/C16H12F2O3/c1-10-6-12(17)3-4-15(10)21-14-8-11(2-5-16(19)20)7-13(18)9-14/h2-9H,1H3,(H,19,20)/b5-2+. The van der Waals surface area contributed by atoms with Crippen LogP contribution in [0.4, 0.5) is 8.78 Å². The molecule has 2 rings (SSSR count). The Labute approximate surface area is 120 Å². The minimum Gasteiger partial charge on any atom is -0.478 e. The van der Waals surface area contributed by atoms with Gasteiger partial charge in [0.15, 0.2) is 0 Å². The average Bonchev–Trinajstić information content (AvgIpc) is 2.39. The first-order valence-electron chi connectivity index (χ1n) is 6.09. The Morgan fingerprint density at radius 1 is 1.14 bits per heavy atom. The van der Waals surface area contributed by atoms with Crippen molar-refractivity contribution in [2.24, 2.45) is 0 Å². The van der Waals surface area contributed by atoms with E-state index in [2.05, 4.69) is 0 Å². The number of rotatable bonds is 4. The van der Waals surface area contributed by atoms with Crippen LogP contribution in [0.25, 0.3) is 6.08 Å². The van der Waals surface area contributed by atoms with Gasteiger partial charge >= 0.3 is 5.97 Å². The van der Waals surface area contributed by atoms with Gasteiger partial charge in [-0.05, 0) is 54.5 Å². The molecule has 0 fully saturated rings. The molecular weight excluding hydrogens is 278 g/mol. The number of carbonyl (C=O) groups is 1. The first kappa shape index (κ1) is 14.7. The van der Waals surface area contributed by atoms with E-state index in [4.69, 9.17) is 9.84 Å². The number of halogens is 2. The van der Waals surface area contributed by atoms with Crippen LogP contribution in [0.3, 0.4) is 0 Å². The number of carboxylic acids is 1. The third kappa shape index (κ3) is 4.14. The first-order valence-corrected chi connectivity index (χ1v) is 6.09. The lowest BCUT2D eigenvalue weighted by molar-refractivity contribution is -0.131. The van der Waals surface area contributed by atoms with Crippen LogP contribution in [0, 0.1) is 18.6 Å². The number of benzene rings is 2. The zero-order chi connectivity index (χ0) is 15.4. The molecule has 2 aromatic rings. The molecule has 5 heteroatoms. The van der Waals surface area contributed by atoms with Gasteiger partial charge < -0.3 is 9.84 Å². The van der Waals surface area contributed by atoms with Gasteiger partial charge in [0.05, 0.1) is 0 Å². The van der Waals surface area contributed by atoms with Gasteiger partial charge in [-0.3, -0.25) is 0 Å². The molecule has 3 nitrogen and oxygen atoms in total. The maximum absolute atomic E-state index is 13.5. The van der Waals surface area contributed by atoms with E-state index in [1.165, 1.54) is 42.5 Å². The van der Waals surface area contributed by atoms with Crippen LogP contribution in [0.15, 0.2) is 42.5 Å². The van der Waals surface area contributed by atoms with Crippen molar-refractivity contribution in [3.63, 3.8) is 0 Å². The van der Waals surface area contributed by atoms with Crippen LogP contribution in [-0.4, -0.2) is 11.1 Å². The van der Waals surface area contributed by atoms with E-state index in [0.717, 1.165) is 6.08 Å². The summed E-state index contributed by atoms with van der Waals surface area (Å²) in [6, 6.07) is 7.84. The fourth-order valence-corrected chi connectivity index (χ4v) is 1.76. The van der Waals surface area contributed by atoms with Gasteiger partial charge in [-0.2, -0.15) is 0 Å². The highest BCUT2D eigenvalue weighted by atomic mass is 19.1. The van der Waals surface area contributed by atoms with E-state index < -0.39 is 11.8 Å². The molecule has 2 aromatic carbocycles. The van der Waals surface area contributed by atoms with Crippen LogP contribution >= 0.6 is 0 Å². The predicted molar refractivity (Wildman–Crippen MR) is 74.3 cm³/mol. The summed E-state index contributed by atoms with van der Waals surface area (Å²) in [5.74, 6) is -1.47. The Bertz CT molecular complexity index is 709. The second-order valence-electron chi connectivity index (χ2n) is 4.40. The van der Waals surface area contributed by atoms with Gasteiger partial charge in [-0.15, -0.1) is 0 Å². The summed E-state index contributed by atoms with van der Waals surface area (Å²) in [5, 5.41) is 8.56. The second-order valence-corrected chi connectivity index (χ2v) is 4.40. The summed E-state index contributed by atoms with van der Waals surface area (Å²) in [5.41, 5.74) is 0.925. The van der Waals surface area contributed by atoms with Gasteiger partial charge in [-0.1, -0.05) is 0 Å². The number of aryl methyl sites for hydroxylation is 1. The highest BCUT2D eigenvalue weighted by Gasteiger charge is 2.05. The number of ether oxygens (including phenoxy) is 1. The van der Waals surface area contributed by atoms with E-state index in [0.29, 0.717) is 16.9 Å². The maximum atomic E-state index is 13.5. The molecule has 21 heavy (non-hydrogen) atoms. The van der Waals surface area contributed by atoms with Gasteiger partial charge in [0.1, 0.15) is 23.1 Å². The molecule has 0 heterocycles. The predicted octanol–water partition coefficient (Wildman–Crippen LogP) is 4.16. The largest absolute Gasteiger partial charge is 0.478 e. The molecule has 0 spiro atoms. The van der Waals surface area contributed by atoms with Gasteiger partial charge in [-0.25, -0.2) is 13.6 Å². The fraction of sp³-hybridized carbons (Fsp3) is 0.0625. The lowest BCUT2D eigenvalue weighted by Crippen LogP contribution is -1.91. The van der Waals surface area contributed by atoms with Crippen molar-refractivity contribution in [1.29, 1.82) is 0 Å². The Kier molecular flexibility index (Phi) is 4.33. The van der Waals surface area contributed by atoms with Gasteiger partial charge in [0.2, 0.25) is 0 Å². The SMILES string of the molecule is Cc1cc(F)ccc1Oc1cc(F)cc(/C=C/C(=O)O)c1. The minimum absolute atomic E-state index is 0.203. The number of aliphatic carboxylic acids is 1. The first-order chi connectivity index (χ1) is 9.94. The Balaban J connectivity index is 2.29. The summed E-state index contributed by atoms with van der Waals surface area (Å²) >= 11 is 0. The molecule has 0 aliphatic carbocycles. The van der Waals surface area contributed by atoms with E-state index in [1.54, 1.807) is 6.92 Å². The molecule has 0 atom stereocenters. The van der Waals surface area contributed by atoms with Crippen molar-refractivity contribution in [3.05, 3.63) is 65.2 Å². The highest BCUT2D eigenvalue weighted by molar-refractivity contribution is 5.85. The molecule has 0 unspecified atom stereocenters. The van der Waals surface area contributed by atoms with Crippen LogP contribution in [0.1, 0.15) is 11.1 Å². The van der Waals surface area contributed by atoms with E-state index >= 15 is 0 Å². The molecule has 0 aromatic heterocycles. The van der Waals surface area contributed by atoms with Crippen LogP contribution in [-0.2, 0) is 4.79 Å². The van der Waals surface area contributed by atoms with Crippen molar-refractivity contribution in [3.8, 4) is 11.5 Å². The summed E-state index contributed by atoms with van der Waals surface area (Å²) in [6.07, 6.45) is 2.16. The molecule has 108 valence electrons. The highest BCUT2D eigenvalue weighted by Crippen LogP contribution is 2.27. The van der Waals surface area contributed by atoms with Crippen LogP contribution in [0.5, 0.6) is 11.5 Å². The fourth-order valence-electron chi connectivity index (χ4n) is 1.76. The van der Waals surface area contributed by atoms with Crippen molar-refractivity contribution in [2.45, 2.75) is 6.92 Å². The smallest absolute Gasteiger partial charge is 0.328 e. The van der Waals surface area contributed by atoms with Crippen molar-refractivity contribution in [2.75, 3.05) is 0 Å². The quantitative estimate of drug-likeness (QED) is 0.860. The van der Waals surface area contributed by atoms with Gasteiger partial charge in [0.25, 0.3) is 0 Å². The zero-order valence-corrected chi connectivity index (χ0v) is 11.1. The van der Waals surface area contributed by atoms with Crippen molar-refractivity contribution >= 4 is 12.0 Å². The molecule has 0 amide bonds. The average molecular weight is 290 g/mol. The number of hydrogen-bond donors (Lipinski definition) is 1. The third-order valence-electron chi connectivity index (χ3n) is 2.68. The molecule has 0 radical (unpaired) electrons. The minimum atomic E-state index is -1.13. The van der Waals surface area contributed by atoms with E-state index in [-0.39, 0.29) is 11.6 Å². The zero-order valence-electron chi connectivity index (χ0n) is 11.1. The molecular formula is C16H12F2O3. The normalized spacial score (nSPS) is 10.8. The van der Waals surface area contributed by atoms with E-state index in [1.807, 2.05) is 0 Å². The number of carboxylic acid groups (broad SMARTS) is 1. The Morgan fingerprint density at radius 2 is 1.90 bits per heavy atom. The van der Waals surface area contributed by atoms with Gasteiger partial charge in [0, 0.05) is 12.1 Å². The Morgan fingerprint density at radius 3 is 2.57 bits per heavy atom. The molecule has 0 bridgehead atoms. The molecule has 0 saturated carbocycles. The Hall–Kier alpha value is -2.69. The van der Waals surface area contributed by atoms with Crippen LogP contribution in [0.2, 0.25) is 0 Å². The lowest BCUT2D eigenvalue weighted by atomic mass is 10.2. The number of hydrogen-bond acceptors (Lipinski definition) is 2. The third-order valence-corrected chi connectivity index (χ3v) is 2.68. The molecule has 0 saturated heterocycles. The second kappa shape index (κ2) is 6.17. The van der Waals surface area contributed by atoms with Crippen molar-refractivity contribution in [1.82, 2.24) is 0 Å². The molecule has 0 aliphatic heterocycles.